The zero-order valence-corrected chi connectivity index (χ0v) is 11.0. The van der Waals surface area contributed by atoms with E-state index in [1.807, 2.05) is 12.1 Å². The first-order valence-corrected chi connectivity index (χ1v) is 7.61. The quantitative estimate of drug-likeness (QED) is 0.730. The van der Waals surface area contributed by atoms with Crippen molar-refractivity contribution in [2.45, 2.75) is 10.9 Å². The first-order valence-electron chi connectivity index (χ1n) is 6.13. The fourth-order valence-corrected chi connectivity index (χ4v) is 3.40. The van der Waals surface area contributed by atoms with Crippen molar-refractivity contribution in [3.05, 3.63) is 24.3 Å². The molecule has 1 aliphatic carbocycles. The van der Waals surface area contributed by atoms with Crippen LogP contribution < -0.4 is 15.4 Å². The minimum absolute atomic E-state index is 0.299. The van der Waals surface area contributed by atoms with Gasteiger partial charge in [0.05, 0.1) is 4.90 Å². The molecule has 2 unspecified atom stereocenters. The molecule has 98 valence electrons. The van der Waals surface area contributed by atoms with Gasteiger partial charge in [0.25, 0.3) is 0 Å². The number of sulfonamides is 1. The third-order valence-corrected chi connectivity index (χ3v) is 5.29. The molecule has 0 bridgehead atoms. The molecule has 6 heteroatoms. The van der Waals surface area contributed by atoms with Gasteiger partial charge in [-0.05, 0) is 43.1 Å². The van der Waals surface area contributed by atoms with Gasteiger partial charge in [-0.15, -0.1) is 0 Å². The van der Waals surface area contributed by atoms with E-state index in [9.17, 15) is 8.42 Å². The van der Waals surface area contributed by atoms with E-state index in [4.69, 9.17) is 0 Å². The Kier molecular flexibility index (Phi) is 2.80. The van der Waals surface area contributed by atoms with Crippen LogP contribution in [0.4, 0.5) is 5.69 Å². The molecule has 1 saturated carbocycles. The Morgan fingerprint density at radius 2 is 1.78 bits per heavy atom. The lowest BCUT2D eigenvalue weighted by Gasteiger charge is -2.09. The van der Waals surface area contributed by atoms with Crippen molar-refractivity contribution in [3.8, 4) is 0 Å². The van der Waals surface area contributed by atoms with Crippen LogP contribution in [0.15, 0.2) is 29.2 Å². The summed E-state index contributed by atoms with van der Waals surface area (Å²) in [5.41, 5.74) is 0.990. The summed E-state index contributed by atoms with van der Waals surface area (Å²) in [6.45, 7) is 2.18. The predicted molar refractivity (Wildman–Crippen MR) is 69.9 cm³/mol. The summed E-state index contributed by atoms with van der Waals surface area (Å²) in [5.74, 6) is 1.48. The summed E-state index contributed by atoms with van der Waals surface area (Å²) in [5, 5.41) is 6.81. The van der Waals surface area contributed by atoms with E-state index in [1.165, 1.54) is 7.05 Å². The minimum atomic E-state index is -3.33. The first-order chi connectivity index (χ1) is 8.62. The van der Waals surface area contributed by atoms with Crippen LogP contribution in [0.1, 0.15) is 0 Å². The highest BCUT2D eigenvalue weighted by Crippen LogP contribution is 2.43. The SMILES string of the molecule is CNS(=O)(=O)c1ccc(NC2C3CNCC32)cc1. The van der Waals surface area contributed by atoms with E-state index in [2.05, 4.69) is 15.4 Å². The monoisotopic (exact) mass is 267 g/mol. The lowest BCUT2D eigenvalue weighted by Crippen LogP contribution is -2.21. The van der Waals surface area contributed by atoms with Crippen LogP contribution in [0.3, 0.4) is 0 Å². The van der Waals surface area contributed by atoms with E-state index < -0.39 is 10.0 Å². The lowest BCUT2D eigenvalue weighted by molar-refractivity contribution is 0.588. The van der Waals surface area contributed by atoms with E-state index in [0.29, 0.717) is 10.9 Å². The third-order valence-electron chi connectivity index (χ3n) is 3.86. The fourth-order valence-electron chi connectivity index (χ4n) is 2.67. The van der Waals surface area contributed by atoms with Crippen molar-refractivity contribution in [1.82, 2.24) is 10.0 Å². The number of piperidine rings is 1. The summed E-state index contributed by atoms with van der Waals surface area (Å²) >= 11 is 0. The second kappa shape index (κ2) is 4.22. The van der Waals surface area contributed by atoms with Gasteiger partial charge in [0.15, 0.2) is 0 Å². The summed E-state index contributed by atoms with van der Waals surface area (Å²) in [4.78, 5) is 0.299. The molecular formula is C12H17N3O2S. The highest BCUT2D eigenvalue weighted by atomic mass is 32.2. The van der Waals surface area contributed by atoms with Gasteiger partial charge in [0.1, 0.15) is 0 Å². The lowest BCUT2D eigenvalue weighted by atomic mass is 10.3. The number of rotatable bonds is 4. The molecule has 1 aliphatic heterocycles. The standard InChI is InChI=1S/C12H17N3O2S/c1-13-18(16,17)9-4-2-8(3-5-9)15-12-10-6-14-7-11(10)12/h2-5,10-15H,6-7H2,1H3. The Morgan fingerprint density at radius 3 is 2.33 bits per heavy atom. The molecule has 1 aromatic rings. The summed E-state index contributed by atoms with van der Waals surface area (Å²) < 4.78 is 25.4. The van der Waals surface area contributed by atoms with Gasteiger partial charge in [0.2, 0.25) is 10.0 Å². The topological polar surface area (TPSA) is 70.2 Å². The Hall–Kier alpha value is -1.11. The molecule has 0 radical (unpaired) electrons. The molecule has 5 nitrogen and oxygen atoms in total. The summed E-state index contributed by atoms with van der Waals surface area (Å²) in [6, 6.07) is 7.46. The van der Waals surface area contributed by atoms with Crippen LogP contribution in [-0.2, 0) is 10.0 Å². The predicted octanol–water partition coefficient (Wildman–Crippen LogP) is 0.224. The molecule has 2 atom stereocenters. The zero-order valence-electron chi connectivity index (χ0n) is 10.2. The Labute approximate surface area is 107 Å². The average molecular weight is 267 g/mol. The van der Waals surface area contributed by atoms with Gasteiger partial charge in [-0.3, -0.25) is 0 Å². The van der Waals surface area contributed by atoms with Crippen molar-refractivity contribution in [3.63, 3.8) is 0 Å². The van der Waals surface area contributed by atoms with Crippen molar-refractivity contribution >= 4 is 15.7 Å². The second-order valence-corrected chi connectivity index (χ2v) is 6.77. The molecule has 2 fully saturated rings. The highest BCUT2D eigenvalue weighted by molar-refractivity contribution is 7.89. The van der Waals surface area contributed by atoms with Crippen LogP contribution in [0.25, 0.3) is 0 Å². The Bertz CT molecular complexity index is 531. The van der Waals surface area contributed by atoms with Gasteiger partial charge in [0, 0.05) is 24.8 Å². The number of benzene rings is 1. The maximum Gasteiger partial charge on any atom is 0.240 e. The maximum atomic E-state index is 11.6. The smallest absolute Gasteiger partial charge is 0.240 e. The van der Waals surface area contributed by atoms with E-state index in [1.54, 1.807) is 12.1 Å². The second-order valence-electron chi connectivity index (χ2n) is 4.89. The molecule has 1 aromatic carbocycles. The molecule has 3 rings (SSSR count). The molecule has 1 saturated heterocycles. The van der Waals surface area contributed by atoms with Crippen LogP contribution in [-0.4, -0.2) is 34.6 Å². The van der Waals surface area contributed by atoms with Gasteiger partial charge in [-0.2, -0.15) is 0 Å². The number of hydrogen-bond donors (Lipinski definition) is 3. The van der Waals surface area contributed by atoms with E-state index in [-0.39, 0.29) is 0 Å². The van der Waals surface area contributed by atoms with Crippen LogP contribution in [0.5, 0.6) is 0 Å². The van der Waals surface area contributed by atoms with Crippen molar-refractivity contribution in [1.29, 1.82) is 0 Å². The molecule has 3 N–H and O–H groups in total. The van der Waals surface area contributed by atoms with Crippen LogP contribution in [0.2, 0.25) is 0 Å². The Balaban J connectivity index is 1.68. The minimum Gasteiger partial charge on any atom is -0.382 e. The molecule has 1 heterocycles. The molecular weight excluding hydrogens is 250 g/mol. The summed E-state index contributed by atoms with van der Waals surface area (Å²) in [7, 11) is -1.91. The third kappa shape index (κ3) is 2.00. The highest BCUT2D eigenvalue weighted by Gasteiger charge is 2.52. The molecule has 0 spiro atoms. The molecule has 2 aliphatic rings. The van der Waals surface area contributed by atoms with Crippen molar-refractivity contribution in [2.75, 3.05) is 25.5 Å². The largest absolute Gasteiger partial charge is 0.382 e. The number of hydrogen-bond acceptors (Lipinski definition) is 4. The average Bonchev–Trinajstić information content (AvgIpc) is 2.82. The normalized spacial score (nSPS) is 29.9. The van der Waals surface area contributed by atoms with E-state index >= 15 is 0 Å². The molecule has 0 amide bonds. The van der Waals surface area contributed by atoms with Crippen molar-refractivity contribution in [2.24, 2.45) is 11.8 Å². The number of nitrogens with one attached hydrogen (secondary N) is 3. The van der Waals surface area contributed by atoms with E-state index in [0.717, 1.165) is 30.6 Å². The zero-order chi connectivity index (χ0) is 12.8. The fraction of sp³-hybridized carbons (Fsp3) is 0.500. The van der Waals surface area contributed by atoms with Gasteiger partial charge in [-0.1, -0.05) is 0 Å². The van der Waals surface area contributed by atoms with Gasteiger partial charge in [-0.25, -0.2) is 13.1 Å². The summed E-state index contributed by atoms with van der Waals surface area (Å²) in [6.07, 6.45) is 0. The van der Waals surface area contributed by atoms with Gasteiger partial charge >= 0.3 is 0 Å². The number of anilines is 1. The maximum absolute atomic E-state index is 11.6. The van der Waals surface area contributed by atoms with Crippen LogP contribution in [0, 0.1) is 11.8 Å². The first kappa shape index (κ1) is 12.0. The van der Waals surface area contributed by atoms with Crippen molar-refractivity contribution < 1.29 is 8.42 Å². The molecule has 18 heavy (non-hydrogen) atoms. The number of fused-ring (bicyclic) bond motifs is 1. The van der Waals surface area contributed by atoms with Gasteiger partial charge < -0.3 is 10.6 Å². The molecule has 0 aromatic heterocycles. The Morgan fingerprint density at radius 1 is 1.17 bits per heavy atom. The van der Waals surface area contributed by atoms with Crippen LogP contribution >= 0.6 is 0 Å².